The molecule has 0 radical (unpaired) electrons. The van der Waals surface area contributed by atoms with Gasteiger partial charge < -0.3 is 5.32 Å². The van der Waals surface area contributed by atoms with E-state index in [4.69, 9.17) is 0 Å². The van der Waals surface area contributed by atoms with Gasteiger partial charge in [-0.05, 0) is 32.2 Å². The highest BCUT2D eigenvalue weighted by Gasteiger charge is 2.30. The maximum Gasteiger partial charge on any atom is 0.154 e. The van der Waals surface area contributed by atoms with E-state index in [9.17, 15) is 8.42 Å². The Bertz CT molecular complexity index is 295. The average molecular weight is 261 g/mol. The van der Waals surface area contributed by atoms with E-state index in [0.717, 1.165) is 51.5 Å². The maximum atomic E-state index is 12.2. The summed E-state index contributed by atoms with van der Waals surface area (Å²) in [6.45, 7) is 5.15. The molecule has 1 rings (SSSR count). The third-order valence-electron chi connectivity index (χ3n) is 3.56. The highest BCUT2D eigenvalue weighted by Crippen LogP contribution is 2.25. The van der Waals surface area contributed by atoms with Crippen molar-refractivity contribution in [2.24, 2.45) is 0 Å². The zero-order valence-electron chi connectivity index (χ0n) is 11.2. The van der Waals surface area contributed by atoms with Gasteiger partial charge in [0.25, 0.3) is 0 Å². The number of hydrogen-bond donors (Lipinski definition) is 1. The lowest BCUT2D eigenvalue weighted by molar-refractivity contribution is 0.496. The van der Waals surface area contributed by atoms with Crippen LogP contribution in [0.15, 0.2) is 0 Å². The van der Waals surface area contributed by atoms with Crippen LogP contribution in [0, 0.1) is 0 Å². The van der Waals surface area contributed by atoms with Gasteiger partial charge in [-0.2, -0.15) is 0 Å². The minimum Gasteiger partial charge on any atom is -0.313 e. The Labute approximate surface area is 106 Å². The van der Waals surface area contributed by atoms with Gasteiger partial charge in [-0.25, -0.2) is 8.42 Å². The van der Waals surface area contributed by atoms with Crippen molar-refractivity contribution in [1.29, 1.82) is 0 Å². The summed E-state index contributed by atoms with van der Waals surface area (Å²) in [5, 5.41) is 3.32. The van der Waals surface area contributed by atoms with Gasteiger partial charge in [0.2, 0.25) is 0 Å². The summed E-state index contributed by atoms with van der Waals surface area (Å²) in [6.07, 6.45) is 7.01. The smallest absolute Gasteiger partial charge is 0.154 e. The zero-order chi connectivity index (χ0) is 12.7. The molecular formula is C13H27NO2S. The van der Waals surface area contributed by atoms with Crippen molar-refractivity contribution in [2.75, 3.05) is 12.3 Å². The van der Waals surface area contributed by atoms with Crippen molar-refractivity contribution in [3.63, 3.8) is 0 Å². The molecule has 1 N–H and O–H groups in total. The molecule has 0 heterocycles. The second-order valence-electron chi connectivity index (χ2n) is 5.18. The Morgan fingerprint density at radius 2 is 1.82 bits per heavy atom. The van der Waals surface area contributed by atoms with E-state index < -0.39 is 9.84 Å². The Hall–Kier alpha value is -0.0900. The average Bonchev–Trinajstić information content (AvgIpc) is 2.80. The fourth-order valence-electron chi connectivity index (χ4n) is 2.61. The highest BCUT2D eigenvalue weighted by molar-refractivity contribution is 7.92. The Kier molecular flexibility index (Phi) is 6.49. The van der Waals surface area contributed by atoms with Crippen LogP contribution in [-0.2, 0) is 9.84 Å². The van der Waals surface area contributed by atoms with Gasteiger partial charge in [0.15, 0.2) is 9.84 Å². The van der Waals surface area contributed by atoms with E-state index in [1.165, 1.54) is 0 Å². The first-order valence-electron chi connectivity index (χ1n) is 7.05. The summed E-state index contributed by atoms with van der Waals surface area (Å²) in [5.41, 5.74) is 0. The highest BCUT2D eigenvalue weighted by atomic mass is 32.2. The summed E-state index contributed by atoms with van der Waals surface area (Å²) >= 11 is 0. The van der Waals surface area contributed by atoms with Crippen molar-refractivity contribution in [3.05, 3.63) is 0 Å². The molecule has 0 aromatic rings. The molecule has 1 saturated carbocycles. The molecule has 0 saturated heterocycles. The number of nitrogens with one attached hydrogen (secondary N) is 1. The van der Waals surface area contributed by atoms with Crippen LogP contribution in [0.3, 0.4) is 0 Å². The Balaban J connectivity index is 2.51. The molecule has 4 heteroatoms. The minimum absolute atomic E-state index is 0.0507. The quantitative estimate of drug-likeness (QED) is 0.730. The fraction of sp³-hybridized carbons (Fsp3) is 1.00. The van der Waals surface area contributed by atoms with Crippen LogP contribution in [0.5, 0.6) is 0 Å². The van der Waals surface area contributed by atoms with Gasteiger partial charge in [0.1, 0.15) is 0 Å². The number of sulfone groups is 1. The van der Waals surface area contributed by atoms with Crippen LogP contribution < -0.4 is 5.32 Å². The third-order valence-corrected chi connectivity index (χ3v) is 5.92. The largest absolute Gasteiger partial charge is 0.313 e. The van der Waals surface area contributed by atoms with E-state index in [2.05, 4.69) is 19.2 Å². The topological polar surface area (TPSA) is 46.2 Å². The molecule has 0 aromatic carbocycles. The summed E-state index contributed by atoms with van der Waals surface area (Å²) in [4.78, 5) is 0. The first-order valence-corrected chi connectivity index (χ1v) is 8.76. The summed E-state index contributed by atoms with van der Waals surface area (Å²) in [5.74, 6) is 0.339. The molecule has 1 aliphatic rings. The molecule has 1 aliphatic carbocycles. The van der Waals surface area contributed by atoms with Crippen LogP contribution >= 0.6 is 0 Å². The number of hydrogen-bond acceptors (Lipinski definition) is 3. The molecule has 0 aromatic heterocycles. The lowest BCUT2D eigenvalue weighted by Gasteiger charge is -2.20. The van der Waals surface area contributed by atoms with E-state index in [0.29, 0.717) is 5.75 Å². The molecule has 0 aliphatic heterocycles. The van der Waals surface area contributed by atoms with Crippen molar-refractivity contribution in [1.82, 2.24) is 5.32 Å². The van der Waals surface area contributed by atoms with Crippen LogP contribution in [0.2, 0.25) is 0 Å². The molecule has 0 spiro atoms. The van der Waals surface area contributed by atoms with Gasteiger partial charge in [-0.1, -0.05) is 33.1 Å². The first kappa shape index (κ1) is 15.0. The van der Waals surface area contributed by atoms with E-state index in [1.54, 1.807) is 0 Å². The second kappa shape index (κ2) is 7.37. The summed E-state index contributed by atoms with van der Waals surface area (Å²) < 4.78 is 24.5. The van der Waals surface area contributed by atoms with Gasteiger partial charge in [-0.3, -0.25) is 0 Å². The van der Waals surface area contributed by atoms with Gasteiger partial charge >= 0.3 is 0 Å². The summed E-state index contributed by atoms with van der Waals surface area (Å²) in [7, 11) is -2.87. The van der Waals surface area contributed by atoms with E-state index in [1.807, 2.05) is 0 Å². The number of rotatable bonds is 8. The SMILES string of the molecule is CCCNC(CCC)CS(=O)(=O)C1CCCC1. The lowest BCUT2D eigenvalue weighted by Crippen LogP contribution is -2.38. The maximum absolute atomic E-state index is 12.2. The van der Waals surface area contributed by atoms with Crippen molar-refractivity contribution >= 4 is 9.84 Å². The molecule has 17 heavy (non-hydrogen) atoms. The molecular weight excluding hydrogens is 234 g/mol. The third kappa shape index (κ3) is 4.96. The van der Waals surface area contributed by atoms with Gasteiger partial charge in [-0.15, -0.1) is 0 Å². The summed E-state index contributed by atoms with van der Waals surface area (Å²) in [6, 6.07) is 0.158. The van der Waals surface area contributed by atoms with Crippen LogP contribution in [0.4, 0.5) is 0 Å². The fourth-order valence-corrected chi connectivity index (χ4v) is 4.77. The van der Waals surface area contributed by atoms with Crippen LogP contribution in [0.1, 0.15) is 58.8 Å². The standard InChI is InChI=1S/C13H27NO2S/c1-3-7-12(14-10-4-2)11-17(15,16)13-8-5-6-9-13/h12-14H,3-11H2,1-2H3. The molecule has 0 amide bonds. The Morgan fingerprint density at radius 3 is 2.35 bits per heavy atom. The lowest BCUT2D eigenvalue weighted by atomic mass is 10.2. The van der Waals surface area contributed by atoms with E-state index in [-0.39, 0.29) is 11.3 Å². The first-order chi connectivity index (χ1) is 8.10. The molecule has 3 nitrogen and oxygen atoms in total. The monoisotopic (exact) mass is 261 g/mol. The molecule has 1 unspecified atom stereocenters. The van der Waals surface area contributed by atoms with Crippen LogP contribution in [0.25, 0.3) is 0 Å². The van der Waals surface area contributed by atoms with Crippen molar-refractivity contribution in [3.8, 4) is 0 Å². The normalized spacial score (nSPS) is 19.6. The molecule has 1 atom stereocenters. The van der Waals surface area contributed by atoms with Gasteiger partial charge in [0.05, 0.1) is 11.0 Å². The zero-order valence-corrected chi connectivity index (χ0v) is 12.1. The van der Waals surface area contributed by atoms with Crippen molar-refractivity contribution < 1.29 is 8.42 Å². The molecule has 1 fully saturated rings. The molecule has 0 bridgehead atoms. The van der Waals surface area contributed by atoms with Crippen LogP contribution in [-0.4, -0.2) is 32.0 Å². The molecule has 102 valence electrons. The van der Waals surface area contributed by atoms with E-state index >= 15 is 0 Å². The predicted molar refractivity (Wildman–Crippen MR) is 73.0 cm³/mol. The predicted octanol–water partition coefficient (Wildman–Crippen LogP) is 2.51. The van der Waals surface area contributed by atoms with Gasteiger partial charge in [0, 0.05) is 6.04 Å². The second-order valence-corrected chi connectivity index (χ2v) is 7.50. The Morgan fingerprint density at radius 1 is 1.18 bits per heavy atom. The van der Waals surface area contributed by atoms with Crippen molar-refractivity contribution in [2.45, 2.75) is 70.1 Å². The minimum atomic E-state index is -2.87.